The lowest BCUT2D eigenvalue weighted by Gasteiger charge is -2.34. The molecule has 1 fully saturated rings. The molecule has 2 rings (SSSR count). The molecular formula is C14H22N2O4S2. The maximum atomic E-state index is 12.7. The van der Waals surface area contributed by atoms with E-state index in [9.17, 15) is 13.2 Å². The molecule has 1 N–H and O–H groups in total. The van der Waals surface area contributed by atoms with Crippen molar-refractivity contribution in [2.75, 3.05) is 19.7 Å². The molecule has 1 aliphatic heterocycles. The summed E-state index contributed by atoms with van der Waals surface area (Å²) in [5.74, 6) is -0.328. The van der Waals surface area contributed by atoms with E-state index in [1.807, 2.05) is 20.8 Å². The van der Waals surface area contributed by atoms with Gasteiger partial charge in [0.15, 0.2) is 0 Å². The normalized spacial score (nSPS) is 21.1. The van der Waals surface area contributed by atoms with Crippen molar-refractivity contribution in [3.05, 3.63) is 17.5 Å². The predicted octanol–water partition coefficient (Wildman–Crippen LogP) is 1.30. The Morgan fingerprint density at radius 1 is 1.50 bits per heavy atom. The Labute approximate surface area is 135 Å². The third-order valence-corrected chi connectivity index (χ3v) is 6.37. The molecule has 0 saturated carbocycles. The lowest BCUT2D eigenvalue weighted by atomic mass is 10.0. The summed E-state index contributed by atoms with van der Waals surface area (Å²) in [5, 5.41) is 1.70. The van der Waals surface area contributed by atoms with E-state index in [0.717, 1.165) is 11.3 Å². The molecule has 0 spiro atoms. The minimum Gasteiger partial charge on any atom is -0.375 e. The van der Waals surface area contributed by atoms with Gasteiger partial charge in [-0.25, -0.2) is 8.42 Å². The molecule has 2 atom stereocenters. The largest absolute Gasteiger partial charge is 0.375 e. The van der Waals surface area contributed by atoms with Gasteiger partial charge < -0.3 is 9.64 Å². The monoisotopic (exact) mass is 346 g/mol. The maximum absolute atomic E-state index is 12.7. The molecule has 1 aromatic rings. The number of nitrogens with zero attached hydrogens (tertiary/aromatic N) is 1. The van der Waals surface area contributed by atoms with E-state index in [1.165, 1.54) is 6.07 Å². The van der Waals surface area contributed by atoms with E-state index in [2.05, 4.69) is 4.72 Å². The highest BCUT2D eigenvalue weighted by atomic mass is 32.2. The van der Waals surface area contributed by atoms with Gasteiger partial charge in [-0.3, -0.25) is 4.79 Å². The quantitative estimate of drug-likeness (QED) is 0.872. The highest BCUT2D eigenvalue weighted by Crippen LogP contribution is 2.18. The highest BCUT2D eigenvalue weighted by molar-refractivity contribution is 7.91. The second kappa shape index (κ2) is 7.08. The van der Waals surface area contributed by atoms with E-state index in [1.54, 1.807) is 16.3 Å². The molecule has 2 unspecified atom stereocenters. The van der Waals surface area contributed by atoms with Gasteiger partial charge in [-0.1, -0.05) is 19.9 Å². The summed E-state index contributed by atoms with van der Waals surface area (Å²) in [5.41, 5.74) is 0. The van der Waals surface area contributed by atoms with Crippen molar-refractivity contribution in [1.29, 1.82) is 0 Å². The molecule has 0 aromatic carbocycles. The third kappa shape index (κ3) is 4.07. The molecule has 0 aliphatic carbocycles. The number of ether oxygens (including phenoxy) is 1. The van der Waals surface area contributed by atoms with Crippen molar-refractivity contribution in [2.45, 2.75) is 37.1 Å². The summed E-state index contributed by atoms with van der Waals surface area (Å²) in [6.45, 7) is 7.04. The molecule has 1 aromatic heterocycles. The van der Waals surface area contributed by atoms with Crippen molar-refractivity contribution < 1.29 is 17.9 Å². The average molecular weight is 346 g/mol. The van der Waals surface area contributed by atoms with Gasteiger partial charge in [-0.15, -0.1) is 11.3 Å². The van der Waals surface area contributed by atoms with Crippen LogP contribution >= 0.6 is 11.3 Å². The first kappa shape index (κ1) is 17.4. The second-order valence-corrected chi connectivity index (χ2v) is 8.63. The number of carbonyl (C=O) groups excluding carboxylic acids is 1. The van der Waals surface area contributed by atoms with Crippen molar-refractivity contribution in [3.8, 4) is 0 Å². The first-order chi connectivity index (χ1) is 10.3. The van der Waals surface area contributed by atoms with E-state index in [4.69, 9.17) is 4.74 Å². The Hall–Kier alpha value is -0.960. The van der Waals surface area contributed by atoms with Crippen LogP contribution in [0.25, 0.3) is 0 Å². The minimum atomic E-state index is -3.67. The zero-order chi connectivity index (χ0) is 16.3. The fourth-order valence-corrected chi connectivity index (χ4v) is 4.68. The Balaban J connectivity index is 2.14. The van der Waals surface area contributed by atoms with Crippen molar-refractivity contribution in [3.63, 3.8) is 0 Å². The van der Waals surface area contributed by atoms with Crippen LogP contribution in [0.2, 0.25) is 0 Å². The molecule has 1 amide bonds. The fraction of sp³-hybridized carbons (Fsp3) is 0.643. The van der Waals surface area contributed by atoms with Crippen LogP contribution in [0, 0.1) is 5.92 Å². The summed E-state index contributed by atoms with van der Waals surface area (Å²) in [4.78, 5) is 14.4. The number of sulfonamides is 1. The van der Waals surface area contributed by atoms with E-state index >= 15 is 0 Å². The molecule has 2 heterocycles. The van der Waals surface area contributed by atoms with Crippen LogP contribution in [-0.2, 0) is 19.6 Å². The summed E-state index contributed by atoms with van der Waals surface area (Å²) >= 11 is 1.14. The molecular weight excluding hydrogens is 324 g/mol. The second-order valence-electron chi connectivity index (χ2n) is 5.74. The van der Waals surface area contributed by atoms with Crippen LogP contribution in [0.3, 0.4) is 0 Å². The summed E-state index contributed by atoms with van der Waals surface area (Å²) in [6, 6.07) is 2.44. The molecule has 0 bridgehead atoms. The number of carbonyl (C=O) groups is 1. The Kier molecular flexibility index (Phi) is 5.60. The summed E-state index contributed by atoms with van der Waals surface area (Å²) < 4.78 is 32.9. The highest BCUT2D eigenvalue weighted by Gasteiger charge is 2.33. The molecule has 22 heavy (non-hydrogen) atoms. The summed E-state index contributed by atoms with van der Waals surface area (Å²) in [6.07, 6.45) is -0.0283. The number of amides is 1. The number of nitrogens with one attached hydrogen (secondary N) is 1. The van der Waals surface area contributed by atoms with E-state index in [-0.39, 0.29) is 22.1 Å². The van der Waals surface area contributed by atoms with Gasteiger partial charge in [0.25, 0.3) is 10.0 Å². The Morgan fingerprint density at radius 3 is 2.77 bits per heavy atom. The molecule has 124 valence electrons. The molecule has 1 saturated heterocycles. The lowest BCUT2D eigenvalue weighted by molar-refractivity contribution is -0.140. The smallest absolute Gasteiger partial charge is 0.250 e. The van der Waals surface area contributed by atoms with Crippen LogP contribution in [0.15, 0.2) is 21.7 Å². The van der Waals surface area contributed by atoms with Gasteiger partial charge in [-0.05, 0) is 24.3 Å². The van der Waals surface area contributed by atoms with Gasteiger partial charge in [0.05, 0.1) is 12.7 Å². The van der Waals surface area contributed by atoms with Gasteiger partial charge in [0.2, 0.25) is 5.91 Å². The zero-order valence-corrected chi connectivity index (χ0v) is 14.6. The standard InChI is InChI=1S/C14H22N2O4S2/c1-10(2)13(14(17)16-6-7-20-11(3)9-16)15-22(18,19)12-5-4-8-21-12/h4-5,8,10-11,13,15H,6-7,9H2,1-3H3. The van der Waals surface area contributed by atoms with Crippen LogP contribution in [0.1, 0.15) is 20.8 Å². The van der Waals surface area contributed by atoms with Gasteiger partial charge >= 0.3 is 0 Å². The fourth-order valence-electron chi connectivity index (χ4n) is 2.33. The first-order valence-electron chi connectivity index (χ1n) is 7.27. The van der Waals surface area contributed by atoms with E-state index in [0.29, 0.717) is 19.7 Å². The zero-order valence-electron chi connectivity index (χ0n) is 13.0. The van der Waals surface area contributed by atoms with Crippen molar-refractivity contribution >= 4 is 27.3 Å². The van der Waals surface area contributed by atoms with Gasteiger partial charge in [0.1, 0.15) is 10.3 Å². The molecule has 6 nitrogen and oxygen atoms in total. The summed E-state index contributed by atoms with van der Waals surface area (Å²) in [7, 11) is -3.67. The molecule has 1 aliphatic rings. The predicted molar refractivity (Wildman–Crippen MR) is 85.3 cm³/mol. The number of rotatable bonds is 5. The average Bonchev–Trinajstić information content (AvgIpc) is 2.99. The SMILES string of the molecule is CC1CN(C(=O)C(NS(=O)(=O)c2cccs2)C(C)C)CCO1. The molecule has 0 radical (unpaired) electrons. The van der Waals surface area contributed by atoms with Gasteiger partial charge in [-0.2, -0.15) is 4.72 Å². The van der Waals surface area contributed by atoms with Crippen molar-refractivity contribution in [2.24, 2.45) is 5.92 Å². The van der Waals surface area contributed by atoms with Crippen LogP contribution in [0.4, 0.5) is 0 Å². The number of morpholine rings is 1. The topological polar surface area (TPSA) is 75.7 Å². The Bertz CT molecular complexity index is 598. The van der Waals surface area contributed by atoms with Crippen molar-refractivity contribution in [1.82, 2.24) is 9.62 Å². The van der Waals surface area contributed by atoms with E-state index < -0.39 is 16.1 Å². The third-order valence-electron chi connectivity index (χ3n) is 3.53. The maximum Gasteiger partial charge on any atom is 0.250 e. The van der Waals surface area contributed by atoms with Gasteiger partial charge in [0, 0.05) is 13.1 Å². The Morgan fingerprint density at radius 2 is 2.23 bits per heavy atom. The number of hydrogen-bond donors (Lipinski definition) is 1. The minimum absolute atomic E-state index is 0.0283. The first-order valence-corrected chi connectivity index (χ1v) is 9.64. The lowest BCUT2D eigenvalue weighted by Crippen LogP contribution is -2.54. The van der Waals surface area contributed by atoms with Crippen LogP contribution in [-0.4, -0.2) is 51.1 Å². The molecule has 8 heteroatoms. The van der Waals surface area contributed by atoms with Crippen LogP contribution in [0.5, 0.6) is 0 Å². The van der Waals surface area contributed by atoms with Crippen LogP contribution < -0.4 is 4.72 Å². The number of thiophene rings is 1. The number of hydrogen-bond acceptors (Lipinski definition) is 5.